The van der Waals surface area contributed by atoms with Crippen LogP contribution in [0.4, 0.5) is 0 Å². The van der Waals surface area contributed by atoms with Crippen molar-refractivity contribution in [1.29, 1.82) is 0 Å². The second-order valence-electron chi connectivity index (χ2n) is 2.58. The van der Waals surface area contributed by atoms with Gasteiger partial charge in [0.05, 0.1) is 11.9 Å². The normalized spacial score (nSPS) is 9.11. The Hall–Kier alpha value is 3.08. The van der Waals surface area contributed by atoms with E-state index in [2.05, 4.69) is 0 Å². The first-order valence-corrected chi connectivity index (χ1v) is 7.89. The van der Waals surface area contributed by atoms with E-state index in [9.17, 15) is 19.8 Å². The van der Waals surface area contributed by atoms with E-state index in [1.54, 1.807) is 90.4 Å². The summed E-state index contributed by atoms with van der Waals surface area (Å²) in [5.41, 5.74) is 0.0556. The zero-order valence-corrected chi connectivity index (χ0v) is 21.8. The van der Waals surface area contributed by atoms with E-state index >= 15 is 0 Å². The number of carbonyl (C=O) groups is 2. The third kappa shape index (κ3) is 5.07. The SMILES string of the molecule is O=C([O-])c1c(I)c(I)c(C(=O)[O-])c(I)c1I.[Na+].[Na+]. The molecule has 10 heteroatoms. The molecule has 0 N–H and O–H groups in total. The number of rotatable bonds is 2. The van der Waals surface area contributed by atoms with Crippen LogP contribution in [0.25, 0.3) is 0 Å². The fourth-order valence-corrected chi connectivity index (χ4v) is 5.06. The topological polar surface area (TPSA) is 80.3 Å². The van der Waals surface area contributed by atoms with Gasteiger partial charge in [0, 0.05) is 25.4 Å². The molecule has 0 unspecified atom stereocenters. The monoisotopic (exact) mass is 714 g/mol. The number of hydrogen-bond donors (Lipinski definition) is 0. The average Bonchev–Trinajstić information content (AvgIpc) is 2.14. The minimum Gasteiger partial charge on any atom is -0.545 e. The first-order valence-electron chi connectivity index (χ1n) is 3.57. The maximum absolute atomic E-state index is 10.9. The van der Waals surface area contributed by atoms with Crippen molar-refractivity contribution in [2.24, 2.45) is 0 Å². The van der Waals surface area contributed by atoms with E-state index < -0.39 is 11.9 Å². The smallest absolute Gasteiger partial charge is 0.545 e. The van der Waals surface area contributed by atoms with Crippen molar-refractivity contribution >= 4 is 102 Å². The van der Waals surface area contributed by atoms with Crippen LogP contribution in [0.5, 0.6) is 0 Å². The molecule has 1 aromatic rings. The molecule has 0 radical (unpaired) electrons. The van der Waals surface area contributed by atoms with E-state index in [1.165, 1.54) is 0 Å². The Kier molecular flexibility index (Phi) is 12.9. The van der Waals surface area contributed by atoms with Crippen LogP contribution in [0.2, 0.25) is 0 Å². The molecular formula is C8I4Na2O4. The summed E-state index contributed by atoms with van der Waals surface area (Å²) in [6, 6.07) is 0. The van der Waals surface area contributed by atoms with Crippen LogP contribution >= 0.6 is 90.4 Å². The average molecular weight is 714 g/mol. The predicted molar refractivity (Wildman–Crippen MR) is 86.0 cm³/mol. The number of benzene rings is 1. The molecule has 0 bridgehead atoms. The summed E-state index contributed by atoms with van der Waals surface area (Å²) in [7, 11) is 0. The fourth-order valence-electron chi connectivity index (χ4n) is 0.990. The van der Waals surface area contributed by atoms with Gasteiger partial charge in [0.25, 0.3) is 0 Å². The molecule has 86 valence electrons. The van der Waals surface area contributed by atoms with Crippen LogP contribution in [0, 0.1) is 14.3 Å². The first kappa shape index (κ1) is 23.3. The second-order valence-corrected chi connectivity index (χ2v) is 6.90. The maximum atomic E-state index is 10.9. The summed E-state index contributed by atoms with van der Waals surface area (Å²) >= 11 is 7.18. The zero-order valence-electron chi connectivity index (χ0n) is 9.14. The number of aromatic carboxylic acids is 2. The van der Waals surface area contributed by atoms with Crippen LogP contribution in [0.1, 0.15) is 20.7 Å². The minimum atomic E-state index is -1.31. The molecule has 1 rings (SSSR count). The van der Waals surface area contributed by atoms with Gasteiger partial charge in [-0.25, -0.2) is 0 Å². The van der Waals surface area contributed by atoms with E-state index in [1.807, 2.05) is 0 Å². The van der Waals surface area contributed by atoms with Crippen molar-refractivity contribution in [2.45, 2.75) is 0 Å². The summed E-state index contributed by atoms with van der Waals surface area (Å²) in [5.74, 6) is -2.62. The molecule has 0 saturated carbocycles. The van der Waals surface area contributed by atoms with Crippen LogP contribution in [-0.4, -0.2) is 11.9 Å². The van der Waals surface area contributed by atoms with E-state index in [0.717, 1.165) is 0 Å². The molecule has 4 nitrogen and oxygen atoms in total. The van der Waals surface area contributed by atoms with Crippen molar-refractivity contribution in [3.63, 3.8) is 0 Å². The van der Waals surface area contributed by atoms with Crippen molar-refractivity contribution < 1.29 is 78.9 Å². The van der Waals surface area contributed by atoms with Crippen molar-refractivity contribution in [2.75, 3.05) is 0 Å². The second kappa shape index (κ2) is 9.97. The van der Waals surface area contributed by atoms with E-state index in [-0.39, 0.29) is 70.2 Å². The van der Waals surface area contributed by atoms with Crippen LogP contribution in [0.15, 0.2) is 0 Å². The van der Waals surface area contributed by atoms with Crippen molar-refractivity contribution in [1.82, 2.24) is 0 Å². The molecule has 1 aromatic carbocycles. The largest absolute Gasteiger partial charge is 1.00 e. The standard InChI is InChI=1S/C8H2I4O4.2Na/c9-3-1(7(13)14)4(10)6(12)2(5(3)11)8(15)16;;/h(H,13,14)(H,15,16);;/q;2*+1/p-2. The van der Waals surface area contributed by atoms with Gasteiger partial charge in [-0.15, -0.1) is 0 Å². The Labute approximate surface area is 202 Å². The number of carboxylic acids is 2. The van der Waals surface area contributed by atoms with Gasteiger partial charge in [-0.1, -0.05) is 0 Å². The number of carbonyl (C=O) groups excluding carboxylic acids is 2. The molecule has 0 spiro atoms. The molecule has 0 aliphatic rings. The number of halogens is 4. The summed E-state index contributed by atoms with van der Waals surface area (Å²) < 4.78 is 1.45. The van der Waals surface area contributed by atoms with Crippen molar-refractivity contribution in [3.8, 4) is 0 Å². The first-order chi connectivity index (χ1) is 7.29. The Morgan fingerprint density at radius 1 is 0.667 bits per heavy atom. The number of hydrogen-bond acceptors (Lipinski definition) is 4. The third-order valence-corrected chi connectivity index (χ3v) is 8.05. The van der Waals surface area contributed by atoms with E-state index in [0.29, 0.717) is 14.3 Å². The van der Waals surface area contributed by atoms with Gasteiger partial charge in [-0.2, -0.15) is 0 Å². The van der Waals surface area contributed by atoms with Crippen LogP contribution in [-0.2, 0) is 0 Å². The Bertz CT molecular complexity index is 432. The van der Waals surface area contributed by atoms with Gasteiger partial charge in [0.2, 0.25) is 0 Å². The van der Waals surface area contributed by atoms with Crippen LogP contribution in [0.3, 0.4) is 0 Å². The molecule has 18 heavy (non-hydrogen) atoms. The summed E-state index contributed by atoms with van der Waals surface area (Å²) in [6.45, 7) is 0. The molecule has 0 aliphatic carbocycles. The maximum Gasteiger partial charge on any atom is 1.00 e. The van der Waals surface area contributed by atoms with Gasteiger partial charge < -0.3 is 19.8 Å². The van der Waals surface area contributed by atoms with Crippen LogP contribution < -0.4 is 69.3 Å². The molecular weight excluding hydrogens is 714 g/mol. The minimum absolute atomic E-state index is 0. The molecule has 0 amide bonds. The quantitative estimate of drug-likeness (QED) is 0.175. The van der Waals surface area contributed by atoms with Gasteiger partial charge >= 0.3 is 59.1 Å². The fraction of sp³-hybridized carbons (Fsp3) is 0. The van der Waals surface area contributed by atoms with E-state index in [4.69, 9.17) is 0 Å². The molecule has 0 saturated heterocycles. The van der Waals surface area contributed by atoms with Gasteiger partial charge in [0.15, 0.2) is 0 Å². The summed E-state index contributed by atoms with van der Waals surface area (Å²) in [5, 5.41) is 21.9. The number of carboxylic acid groups (broad SMARTS) is 2. The molecule has 0 aromatic heterocycles. The summed E-state index contributed by atoms with van der Waals surface area (Å²) in [6.07, 6.45) is 0. The summed E-state index contributed by atoms with van der Waals surface area (Å²) in [4.78, 5) is 21.9. The molecule has 0 heterocycles. The zero-order chi connectivity index (χ0) is 12.6. The Morgan fingerprint density at radius 3 is 0.944 bits per heavy atom. The van der Waals surface area contributed by atoms with Crippen molar-refractivity contribution in [3.05, 3.63) is 25.4 Å². The van der Waals surface area contributed by atoms with Gasteiger partial charge in [0.1, 0.15) is 0 Å². The Morgan fingerprint density at radius 2 is 0.833 bits per heavy atom. The van der Waals surface area contributed by atoms with Gasteiger partial charge in [-0.05, 0) is 90.4 Å². The molecule has 0 aliphatic heterocycles. The van der Waals surface area contributed by atoms with Gasteiger partial charge in [-0.3, -0.25) is 0 Å². The molecule has 0 atom stereocenters. The Balaban J connectivity index is 0. The predicted octanol–water partition coefficient (Wildman–Crippen LogP) is -5.16. The third-order valence-electron chi connectivity index (χ3n) is 1.67. The molecule has 0 fully saturated rings.